The molecule has 3 heteroatoms. The van der Waals surface area contributed by atoms with E-state index in [9.17, 15) is 4.79 Å². The number of hydrogen-bond acceptors (Lipinski definition) is 2. The van der Waals surface area contributed by atoms with E-state index in [-0.39, 0.29) is 5.91 Å². The van der Waals surface area contributed by atoms with E-state index in [0.717, 1.165) is 25.2 Å². The Morgan fingerprint density at radius 1 is 1.28 bits per heavy atom. The molecule has 1 aromatic rings. The van der Waals surface area contributed by atoms with Gasteiger partial charge in [-0.3, -0.25) is 4.79 Å². The van der Waals surface area contributed by atoms with Crippen LogP contribution in [0.3, 0.4) is 0 Å². The predicted octanol–water partition coefficient (Wildman–Crippen LogP) is 2.59. The highest BCUT2D eigenvalue weighted by atomic mass is 16.2. The average Bonchev–Trinajstić information content (AvgIpc) is 2.94. The molecule has 1 atom stereocenters. The molecule has 18 heavy (non-hydrogen) atoms. The monoisotopic (exact) mass is 246 g/mol. The third-order valence-corrected chi connectivity index (χ3v) is 3.67. The number of benzene rings is 1. The number of carbonyl (C=O) groups is 1. The Balaban J connectivity index is 2.09. The van der Waals surface area contributed by atoms with E-state index in [1.165, 1.54) is 18.4 Å². The first-order valence-electron chi connectivity index (χ1n) is 6.88. The van der Waals surface area contributed by atoms with Crippen molar-refractivity contribution in [2.24, 2.45) is 0 Å². The maximum atomic E-state index is 12.1. The molecular weight excluding hydrogens is 224 g/mol. The van der Waals surface area contributed by atoms with Crippen molar-refractivity contribution in [3.05, 3.63) is 35.4 Å². The van der Waals surface area contributed by atoms with Crippen molar-refractivity contribution in [3.63, 3.8) is 0 Å². The summed E-state index contributed by atoms with van der Waals surface area (Å²) < 4.78 is 0. The van der Waals surface area contributed by atoms with E-state index in [1.54, 1.807) is 0 Å². The van der Waals surface area contributed by atoms with Crippen molar-refractivity contribution in [2.75, 3.05) is 19.6 Å². The van der Waals surface area contributed by atoms with Gasteiger partial charge in [0.2, 0.25) is 0 Å². The van der Waals surface area contributed by atoms with Crippen LogP contribution in [-0.4, -0.2) is 30.4 Å². The fourth-order valence-corrected chi connectivity index (χ4v) is 2.52. The molecule has 1 fully saturated rings. The molecule has 1 aliphatic heterocycles. The van der Waals surface area contributed by atoms with Crippen LogP contribution in [0.25, 0.3) is 0 Å². The summed E-state index contributed by atoms with van der Waals surface area (Å²) in [5, 5.41) is 3.47. The van der Waals surface area contributed by atoms with Crippen LogP contribution in [-0.2, 0) is 0 Å². The lowest BCUT2D eigenvalue weighted by molar-refractivity contribution is 0.0773. The van der Waals surface area contributed by atoms with E-state index in [4.69, 9.17) is 0 Å². The van der Waals surface area contributed by atoms with E-state index < -0.39 is 0 Å². The molecule has 0 aliphatic carbocycles. The molecule has 0 radical (unpaired) electrons. The van der Waals surface area contributed by atoms with Gasteiger partial charge in [-0.15, -0.1) is 0 Å². The molecule has 1 N–H and O–H groups in total. The topological polar surface area (TPSA) is 32.3 Å². The first-order valence-corrected chi connectivity index (χ1v) is 6.88. The van der Waals surface area contributed by atoms with Gasteiger partial charge in [-0.05, 0) is 50.9 Å². The zero-order chi connectivity index (χ0) is 13.0. The van der Waals surface area contributed by atoms with E-state index in [1.807, 2.05) is 30.9 Å². The molecule has 98 valence electrons. The molecular formula is C15H22N2O. The molecule has 0 aromatic heterocycles. The molecule has 1 aliphatic rings. The first kappa shape index (κ1) is 13.1. The van der Waals surface area contributed by atoms with Gasteiger partial charge in [0.15, 0.2) is 0 Å². The van der Waals surface area contributed by atoms with Crippen LogP contribution in [0.5, 0.6) is 0 Å². The summed E-state index contributed by atoms with van der Waals surface area (Å²) in [4.78, 5) is 14.0. The van der Waals surface area contributed by atoms with Crippen molar-refractivity contribution < 1.29 is 4.79 Å². The highest BCUT2D eigenvalue weighted by Gasteiger charge is 2.17. The summed E-state index contributed by atoms with van der Waals surface area (Å²) in [5.74, 6) is 0.130. The van der Waals surface area contributed by atoms with Crippen LogP contribution >= 0.6 is 0 Å². The number of nitrogens with one attached hydrogen (secondary N) is 1. The molecule has 1 heterocycles. The number of carbonyl (C=O) groups excluding carboxylic acids is 1. The Kier molecular flexibility index (Phi) is 4.37. The van der Waals surface area contributed by atoms with Crippen molar-refractivity contribution in [1.29, 1.82) is 0 Å². The van der Waals surface area contributed by atoms with Gasteiger partial charge in [-0.25, -0.2) is 0 Å². The van der Waals surface area contributed by atoms with Crippen molar-refractivity contribution in [3.8, 4) is 0 Å². The molecule has 3 nitrogen and oxygen atoms in total. The van der Waals surface area contributed by atoms with Gasteiger partial charge in [0.1, 0.15) is 0 Å². The molecule has 1 aromatic carbocycles. The summed E-state index contributed by atoms with van der Waals surface area (Å²) in [6.45, 7) is 6.66. The van der Waals surface area contributed by atoms with Gasteiger partial charge in [-0.1, -0.05) is 12.1 Å². The smallest absolute Gasteiger partial charge is 0.253 e. The highest BCUT2D eigenvalue weighted by molar-refractivity contribution is 5.94. The molecule has 0 saturated carbocycles. The molecule has 0 bridgehead atoms. The maximum Gasteiger partial charge on any atom is 0.253 e. The maximum absolute atomic E-state index is 12.1. The molecule has 0 unspecified atom stereocenters. The third kappa shape index (κ3) is 2.72. The lowest BCUT2D eigenvalue weighted by Crippen LogP contribution is -2.30. The quantitative estimate of drug-likeness (QED) is 0.885. The summed E-state index contributed by atoms with van der Waals surface area (Å²) in [7, 11) is 0. The normalized spacial score (nSPS) is 18.9. The van der Waals surface area contributed by atoms with Gasteiger partial charge in [0, 0.05) is 24.7 Å². The predicted molar refractivity (Wildman–Crippen MR) is 73.7 cm³/mol. The average molecular weight is 246 g/mol. The van der Waals surface area contributed by atoms with Crippen LogP contribution < -0.4 is 5.32 Å². The van der Waals surface area contributed by atoms with Gasteiger partial charge in [0.25, 0.3) is 5.91 Å². The summed E-state index contributed by atoms with van der Waals surface area (Å²) >= 11 is 0. The fraction of sp³-hybridized carbons (Fsp3) is 0.533. The third-order valence-electron chi connectivity index (χ3n) is 3.67. The molecule has 1 saturated heterocycles. The SMILES string of the molecule is CCN(CC)C(=O)c1ccc([C@H]2CCCN2)cc1. The largest absolute Gasteiger partial charge is 0.339 e. The number of nitrogens with zero attached hydrogens (tertiary/aromatic N) is 1. The Morgan fingerprint density at radius 2 is 1.94 bits per heavy atom. The first-order chi connectivity index (χ1) is 8.76. The fourth-order valence-electron chi connectivity index (χ4n) is 2.52. The Labute approximate surface area is 109 Å². The second kappa shape index (κ2) is 6.01. The summed E-state index contributed by atoms with van der Waals surface area (Å²) in [6, 6.07) is 8.55. The molecule has 1 amide bonds. The molecule has 0 spiro atoms. The lowest BCUT2D eigenvalue weighted by atomic mass is 10.0. The Morgan fingerprint density at radius 3 is 2.44 bits per heavy atom. The van der Waals surface area contributed by atoms with E-state index in [0.29, 0.717) is 6.04 Å². The van der Waals surface area contributed by atoms with Gasteiger partial charge < -0.3 is 10.2 Å². The van der Waals surface area contributed by atoms with Crippen LogP contribution in [0.1, 0.15) is 48.7 Å². The summed E-state index contributed by atoms with van der Waals surface area (Å²) in [5.41, 5.74) is 2.09. The van der Waals surface area contributed by atoms with Gasteiger partial charge >= 0.3 is 0 Å². The van der Waals surface area contributed by atoms with Crippen molar-refractivity contribution >= 4 is 5.91 Å². The minimum Gasteiger partial charge on any atom is -0.339 e. The van der Waals surface area contributed by atoms with Crippen LogP contribution in [0.4, 0.5) is 0 Å². The minimum atomic E-state index is 0.130. The second-order valence-electron chi connectivity index (χ2n) is 4.75. The van der Waals surface area contributed by atoms with Crippen molar-refractivity contribution in [1.82, 2.24) is 10.2 Å². The summed E-state index contributed by atoms with van der Waals surface area (Å²) in [6.07, 6.45) is 2.44. The van der Waals surface area contributed by atoms with E-state index in [2.05, 4.69) is 17.4 Å². The second-order valence-corrected chi connectivity index (χ2v) is 4.75. The minimum absolute atomic E-state index is 0.130. The molecule has 2 rings (SSSR count). The standard InChI is InChI=1S/C15H22N2O/c1-3-17(4-2)15(18)13-9-7-12(8-10-13)14-6-5-11-16-14/h7-10,14,16H,3-6,11H2,1-2H3/t14-/m1/s1. The Bertz CT molecular complexity index is 389. The van der Waals surface area contributed by atoms with Crippen molar-refractivity contribution in [2.45, 2.75) is 32.7 Å². The van der Waals surface area contributed by atoms with Crippen LogP contribution in [0.15, 0.2) is 24.3 Å². The van der Waals surface area contributed by atoms with Gasteiger partial charge in [0.05, 0.1) is 0 Å². The van der Waals surface area contributed by atoms with Gasteiger partial charge in [-0.2, -0.15) is 0 Å². The number of rotatable bonds is 4. The number of hydrogen-bond donors (Lipinski definition) is 1. The zero-order valence-corrected chi connectivity index (χ0v) is 11.3. The lowest BCUT2D eigenvalue weighted by Gasteiger charge is -2.19. The zero-order valence-electron chi connectivity index (χ0n) is 11.3. The van der Waals surface area contributed by atoms with E-state index >= 15 is 0 Å². The number of amides is 1. The highest BCUT2D eigenvalue weighted by Crippen LogP contribution is 2.23. The Hall–Kier alpha value is -1.35. The van der Waals surface area contributed by atoms with Crippen LogP contribution in [0.2, 0.25) is 0 Å². The van der Waals surface area contributed by atoms with Crippen LogP contribution in [0, 0.1) is 0 Å².